The Morgan fingerprint density at radius 1 is 0.783 bits per heavy atom. The molecule has 0 saturated carbocycles. The third kappa shape index (κ3) is 2.38. The summed E-state index contributed by atoms with van der Waals surface area (Å²) < 4.78 is 2.00. The molecule has 0 bridgehead atoms. The van der Waals surface area contributed by atoms with E-state index in [1.807, 2.05) is 65.4 Å². The lowest BCUT2D eigenvalue weighted by Crippen LogP contribution is -1.93. The van der Waals surface area contributed by atoms with Crippen molar-refractivity contribution in [2.75, 3.05) is 0 Å². The van der Waals surface area contributed by atoms with Crippen LogP contribution >= 0.6 is 23.2 Å². The van der Waals surface area contributed by atoms with Crippen LogP contribution in [-0.4, -0.2) is 14.5 Å². The first-order valence-electron chi connectivity index (χ1n) is 7.07. The Morgan fingerprint density at radius 3 is 2.30 bits per heavy atom. The predicted octanol–water partition coefficient (Wildman–Crippen LogP) is 5.39. The van der Waals surface area contributed by atoms with E-state index >= 15 is 0 Å². The standard InChI is InChI=1S/C18H11Cl2N3/c19-15-9-5-4-8-13(15)14-10-23(12-6-2-1-3-7-12)18-16(14)17(20)21-11-22-18/h1-11H. The van der Waals surface area contributed by atoms with E-state index in [-0.39, 0.29) is 0 Å². The highest BCUT2D eigenvalue weighted by Gasteiger charge is 2.17. The second-order valence-electron chi connectivity index (χ2n) is 5.09. The average molecular weight is 340 g/mol. The number of aromatic nitrogens is 3. The van der Waals surface area contributed by atoms with Gasteiger partial charge in [0.2, 0.25) is 0 Å². The molecule has 4 aromatic rings. The van der Waals surface area contributed by atoms with Crippen LogP contribution in [0.2, 0.25) is 10.2 Å². The van der Waals surface area contributed by atoms with Crippen molar-refractivity contribution in [3.8, 4) is 16.8 Å². The Balaban J connectivity index is 2.09. The molecule has 0 spiro atoms. The monoisotopic (exact) mass is 339 g/mol. The van der Waals surface area contributed by atoms with Crippen molar-refractivity contribution in [3.05, 3.63) is 77.3 Å². The van der Waals surface area contributed by atoms with Gasteiger partial charge >= 0.3 is 0 Å². The highest BCUT2D eigenvalue weighted by Crippen LogP contribution is 2.37. The molecule has 2 aromatic heterocycles. The number of para-hydroxylation sites is 1. The van der Waals surface area contributed by atoms with Crippen LogP contribution < -0.4 is 0 Å². The summed E-state index contributed by atoms with van der Waals surface area (Å²) in [7, 11) is 0. The topological polar surface area (TPSA) is 30.7 Å². The van der Waals surface area contributed by atoms with Crippen LogP contribution in [0.4, 0.5) is 0 Å². The zero-order chi connectivity index (χ0) is 15.8. The summed E-state index contributed by atoms with van der Waals surface area (Å²) in [6.45, 7) is 0. The van der Waals surface area contributed by atoms with Crippen molar-refractivity contribution < 1.29 is 0 Å². The number of nitrogens with zero attached hydrogens (tertiary/aromatic N) is 3. The van der Waals surface area contributed by atoms with Gasteiger partial charge in [-0.1, -0.05) is 59.6 Å². The molecule has 2 heterocycles. The van der Waals surface area contributed by atoms with Gasteiger partial charge in [-0.05, 0) is 18.2 Å². The number of hydrogen-bond donors (Lipinski definition) is 0. The lowest BCUT2D eigenvalue weighted by Gasteiger charge is -2.03. The minimum Gasteiger partial charge on any atom is -0.301 e. The quantitative estimate of drug-likeness (QED) is 0.458. The van der Waals surface area contributed by atoms with E-state index in [0.717, 1.165) is 27.8 Å². The predicted molar refractivity (Wildman–Crippen MR) is 94.3 cm³/mol. The summed E-state index contributed by atoms with van der Waals surface area (Å²) in [6.07, 6.45) is 3.47. The molecule has 5 heteroatoms. The number of halogens is 2. The summed E-state index contributed by atoms with van der Waals surface area (Å²) in [6, 6.07) is 17.7. The molecule has 0 aliphatic rings. The number of hydrogen-bond acceptors (Lipinski definition) is 2. The van der Waals surface area contributed by atoms with Gasteiger partial charge in [0.05, 0.1) is 5.39 Å². The maximum atomic E-state index is 6.37. The highest BCUT2D eigenvalue weighted by molar-refractivity contribution is 6.36. The Hall–Kier alpha value is -2.36. The molecule has 2 aromatic carbocycles. The smallest absolute Gasteiger partial charge is 0.150 e. The number of rotatable bonds is 2. The van der Waals surface area contributed by atoms with Crippen LogP contribution in [0.25, 0.3) is 27.8 Å². The van der Waals surface area contributed by atoms with Crippen molar-refractivity contribution in [1.29, 1.82) is 0 Å². The van der Waals surface area contributed by atoms with Gasteiger partial charge in [0.1, 0.15) is 17.1 Å². The third-order valence-electron chi connectivity index (χ3n) is 3.74. The summed E-state index contributed by atoms with van der Waals surface area (Å²) in [4.78, 5) is 8.55. The second-order valence-corrected chi connectivity index (χ2v) is 5.86. The van der Waals surface area contributed by atoms with E-state index in [1.54, 1.807) is 0 Å². The lowest BCUT2D eigenvalue weighted by atomic mass is 10.1. The van der Waals surface area contributed by atoms with Crippen LogP contribution in [0.3, 0.4) is 0 Å². The summed E-state index contributed by atoms with van der Waals surface area (Å²) in [5, 5.41) is 1.88. The molecule has 0 atom stereocenters. The first-order chi connectivity index (χ1) is 11.3. The van der Waals surface area contributed by atoms with Crippen LogP contribution in [0.1, 0.15) is 0 Å². The molecule has 0 N–H and O–H groups in total. The molecule has 0 saturated heterocycles. The van der Waals surface area contributed by atoms with Crippen LogP contribution in [-0.2, 0) is 0 Å². The highest BCUT2D eigenvalue weighted by atomic mass is 35.5. The van der Waals surface area contributed by atoms with Crippen molar-refractivity contribution >= 4 is 34.2 Å². The molecule has 0 unspecified atom stereocenters. The largest absolute Gasteiger partial charge is 0.301 e. The molecule has 3 nitrogen and oxygen atoms in total. The van der Waals surface area contributed by atoms with E-state index in [1.165, 1.54) is 6.33 Å². The Kier molecular flexibility index (Phi) is 3.52. The van der Waals surface area contributed by atoms with Gasteiger partial charge in [0.25, 0.3) is 0 Å². The average Bonchev–Trinajstić information content (AvgIpc) is 2.97. The Labute approximate surface area is 143 Å². The van der Waals surface area contributed by atoms with Crippen molar-refractivity contribution in [2.45, 2.75) is 0 Å². The van der Waals surface area contributed by atoms with Gasteiger partial charge in [-0.3, -0.25) is 0 Å². The zero-order valence-corrected chi connectivity index (χ0v) is 13.5. The number of fused-ring (bicyclic) bond motifs is 1. The van der Waals surface area contributed by atoms with E-state index in [4.69, 9.17) is 23.2 Å². The Bertz CT molecular complexity index is 994. The SMILES string of the molecule is Clc1ccccc1-c1cn(-c2ccccc2)c2ncnc(Cl)c12. The normalized spacial score (nSPS) is 11.0. The van der Waals surface area contributed by atoms with Crippen molar-refractivity contribution in [2.24, 2.45) is 0 Å². The van der Waals surface area contributed by atoms with Crippen molar-refractivity contribution in [1.82, 2.24) is 14.5 Å². The molecule has 23 heavy (non-hydrogen) atoms. The molecular weight excluding hydrogens is 329 g/mol. The first-order valence-corrected chi connectivity index (χ1v) is 7.83. The van der Waals surface area contributed by atoms with Crippen LogP contribution in [0.15, 0.2) is 67.1 Å². The maximum absolute atomic E-state index is 6.37. The van der Waals surface area contributed by atoms with E-state index in [2.05, 4.69) is 9.97 Å². The van der Waals surface area contributed by atoms with E-state index < -0.39 is 0 Å². The molecule has 4 rings (SSSR count). The van der Waals surface area contributed by atoms with E-state index in [9.17, 15) is 0 Å². The fraction of sp³-hybridized carbons (Fsp3) is 0. The molecule has 0 aliphatic heterocycles. The number of benzene rings is 2. The summed E-state index contributed by atoms with van der Waals surface area (Å²) in [5.74, 6) is 0. The molecule has 0 amide bonds. The summed E-state index contributed by atoms with van der Waals surface area (Å²) >= 11 is 12.7. The van der Waals surface area contributed by atoms with E-state index in [0.29, 0.717) is 10.2 Å². The van der Waals surface area contributed by atoms with Crippen LogP contribution in [0.5, 0.6) is 0 Å². The van der Waals surface area contributed by atoms with Gasteiger partial charge in [-0.15, -0.1) is 0 Å². The van der Waals surface area contributed by atoms with Gasteiger partial charge in [0, 0.05) is 28.0 Å². The van der Waals surface area contributed by atoms with Gasteiger partial charge in [-0.2, -0.15) is 0 Å². The summed E-state index contributed by atoms with van der Waals surface area (Å²) in [5.41, 5.74) is 3.59. The fourth-order valence-corrected chi connectivity index (χ4v) is 3.16. The zero-order valence-electron chi connectivity index (χ0n) is 11.9. The molecule has 0 fully saturated rings. The molecule has 0 aliphatic carbocycles. The third-order valence-corrected chi connectivity index (χ3v) is 4.35. The maximum Gasteiger partial charge on any atom is 0.150 e. The van der Waals surface area contributed by atoms with Gasteiger partial charge in [-0.25, -0.2) is 9.97 Å². The fourth-order valence-electron chi connectivity index (χ4n) is 2.69. The Morgan fingerprint density at radius 2 is 1.52 bits per heavy atom. The van der Waals surface area contributed by atoms with Crippen LogP contribution in [0, 0.1) is 0 Å². The molecule has 0 radical (unpaired) electrons. The minimum absolute atomic E-state index is 0.416. The van der Waals surface area contributed by atoms with Gasteiger partial charge in [0.15, 0.2) is 0 Å². The first kappa shape index (κ1) is 14.2. The minimum atomic E-state index is 0.416. The molecular formula is C18H11Cl2N3. The van der Waals surface area contributed by atoms with Crippen molar-refractivity contribution in [3.63, 3.8) is 0 Å². The molecule has 112 valence electrons. The second kappa shape index (κ2) is 5.69. The lowest BCUT2D eigenvalue weighted by molar-refractivity contribution is 1.08. The van der Waals surface area contributed by atoms with Gasteiger partial charge < -0.3 is 4.57 Å².